The SMILES string of the molecule is O[C@H]1CCC[C@@H]1Oc1ccccc1I. The largest absolute Gasteiger partial charge is 0.487 e. The first-order valence-electron chi connectivity index (χ1n) is 4.86. The van der Waals surface area contributed by atoms with Gasteiger partial charge in [0, 0.05) is 0 Å². The highest BCUT2D eigenvalue weighted by atomic mass is 127. The molecule has 0 aromatic heterocycles. The first kappa shape index (κ1) is 10.2. The first-order valence-corrected chi connectivity index (χ1v) is 5.94. The highest BCUT2D eigenvalue weighted by Gasteiger charge is 2.27. The molecule has 2 rings (SSSR count). The van der Waals surface area contributed by atoms with E-state index in [1.807, 2.05) is 24.3 Å². The molecule has 0 bridgehead atoms. The van der Waals surface area contributed by atoms with Gasteiger partial charge in [0.25, 0.3) is 0 Å². The molecular formula is C11H13IO2. The Kier molecular flexibility index (Phi) is 3.28. The van der Waals surface area contributed by atoms with Crippen molar-refractivity contribution in [2.75, 3.05) is 0 Å². The molecular weight excluding hydrogens is 291 g/mol. The number of halogens is 1. The van der Waals surface area contributed by atoms with Crippen LogP contribution in [0.2, 0.25) is 0 Å². The molecule has 1 fully saturated rings. The molecule has 1 N–H and O–H groups in total. The van der Waals surface area contributed by atoms with E-state index in [0.29, 0.717) is 0 Å². The highest BCUT2D eigenvalue weighted by Crippen LogP contribution is 2.27. The number of hydrogen-bond acceptors (Lipinski definition) is 2. The zero-order chi connectivity index (χ0) is 9.97. The van der Waals surface area contributed by atoms with Gasteiger partial charge in [0.15, 0.2) is 0 Å². The van der Waals surface area contributed by atoms with Crippen molar-refractivity contribution < 1.29 is 9.84 Å². The highest BCUT2D eigenvalue weighted by molar-refractivity contribution is 14.1. The molecule has 1 aliphatic rings. The molecule has 2 nitrogen and oxygen atoms in total. The minimum atomic E-state index is -0.286. The fourth-order valence-corrected chi connectivity index (χ4v) is 2.26. The van der Waals surface area contributed by atoms with Crippen LogP contribution in [-0.2, 0) is 0 Å². The fourth-order valence-electron chi connectivity index (χ4n) is 1.75. The summed E-state index contributed by atoms with van der Waals surface area (Å²) in [5.74, 6) is 0.888. The van der Waals surface area contributed by atoms with E-state index >= 15 is 0 Å². The van der Waals surface area contributed by atoms with Gasteiger partial charge in [-0.1, -0.05) is 12.1 Å². The Balaban J connectivity index is 2.07. The number of aliphatic hydroxyl groups excluding tert-OH is 1. The zero-order valence-corrected chi connectivity index (χ0v) is 9.98. The second-order valence-electron chi connectivity index (χ2n) is 3.58. The van der Waals surface area contributed by atoms with Crippen LogP contribution in [0.1, 0.15) is 19.3 Å². The lowest BCUT2D eigenvalue weighted by atomic mass is 10.2. The lowest BCUT2D eigenvalue weighted by Crippen LogP contribution is -2.25. The van der Waals surface area contributed by atoms with E-state index in [1.54, 1.807) is 0 Å². The van der Waals surface area contributed by atoms with Crippen molar-refractivity contribution in [3.63, 3.8) is 0 Å². The summed E-state index contributed by atoms with van der Waals surface area (Å²) in [6, 6.07) is 7.91. The molecule has 0 heterocycles. The Morgan fingerprint density at radius 2 is 2.07 bits per heavy atom. The third-order valence-corrected chi connectivity index (χ3v) is 3.42. The normalized spacial score (nSPS) is 26.4. The van der Waals surface area contributed by atoms with Crippen molar-refractivity contribution in [3.8, 4) is 5.75 Å². The zero-order valence-electron chi connectivity index (χ0n) is 7.82. The summed E-state index contributed by atoms with van der Waals surface area (Å²) in [6.45, 7) is 0. The van der Waals surface area contributed by atoms with Gasteiger partial charge >= 0.3 is 0 Å². The first-order chi connectivity index (χ1) is 6.77. The third kappa shape index (κ3) is 2.20. The predicted octanol–water partition coefficient (Wildman–Crippen LogP) is 2.58. The topological polar surface area (TPSA) is 29.5 Å². The summed E-state index contributed by atoms with van der Waals surface area (Å²) in [6.07, 6.45) is 2.60. The Bertz CT molecular complexity index is 314. The van der Waals surface area contributed by atoms with Crippen LogP contribution in [0.25, 0.3) is 0 Å². The molecule has 0 spiro atoms. The van der Waals surface area contributed by atoms with Gasteiger partial charge in [-0.05, 0) is 54.0 Å². The number of benzene rings is 1. The molecule has 0 radical (unpaired) electrons. The summed E-state index contributed by atoms with van der Waals surface area (Å²) in [5.41, 5.74) is 0. The maximum absolute atomic E-state index is 9.61. The Hall–Kier alpha value is -0.290. The lowest BCUT2D eigenvalue weighted by molar-refractivity contribution is 0.0598. The molecule has 0 aliphatic heterocycles. The quantitative estimate of drug-likeness (QED) is 0.851. The monoisotopic (exact) mass is 304 g/mol. The van der Waals surface area contributed by atoms with Crippen molar-refractivity contribution in [3.05, 3.63) is 27.8 Å². The molecule has 14 heavy (non-hydrogen) atoms. The van der Waals surface area contributed by atoms with Gasteiger partial charge in [0.2, 0.25) is 0 Å². The molecule has 76 valence electrons. The van der Waals surface area contributed by atoms with E-state index in [4.69, 9.17) is 4.74 Å². The van der Waals surface area contributed by atoms with Crippen LogP contribution >= 0.6 is 22.6 Å². The number of hydrogen-bond donors (Lipinski definition) is 1. The van der Waals surface area contributed by atoms with Crippen molar-refractivity contribution in [1.82, 2.24) is 0 Å². The van der Waals surface area contributed by atoms with Gasteiger partial charge in [-0.15, -0.1) is 0 Å². The smallest absolute Gasteiger partial charge is 0.133 e. The summed E-state index contributed by atoms with van der Waals surface area (Å²) in [7, 11) is 0. The van der Waals surface area contributed by atoms with E-state index in [1.165, 1.54) is 0 Å². The number of rotatable bonds is 2. The molecule has 1 aliphatic carbocycles. The Morgan fingerprint density at radius 3 is 2.71 bits per heavy atom. The maximum atomic E-state index is 9.61. The van der Waals surface area contributed by atoms with Gasteiger partial charge in [0.1, 0.15) is 11.9 Å². The van der Waals surface area contributed by atoms with Crippen molar-refractivity contribution in [2.24, 2.45) is 0 Å². The summed E-state index contributed by atoms with van der Waals surface area (Å²) < 4.78 is 6.86. The molecule has 0 unspecified atom stereocenters. The molecule has 3 heteroatoms. The van der Waals surface area contributed by atoms with E-state index in [0.717, 1.165) is 28.6 Å². The van der Waals surface area contributed by atoms with Gasteiger partial charge in [-0.25, -0.2) is 0 Å². The second kappa shape index (κ2) is 4.49. The van der Waals surface area contributed by atoms with Crippen LogP contribution in [0.5, 0.6) is 5.75 Å². The van der Waals surface area contributed by atoms with Crippen LogP contribution in [0.3, 0.4) is 0 Å². The molecule has 1 saturated carbocycles. The van der Waals surface area contributed by atoms with Gasteiger partial charge in [-0.3, -0.25) is 0 Å². The molecule has 1 aromatic rings. The minimum absolute atomic E-state index is 0.00841. The fraction of sp³-hybridized carbons (Fsp3) is 0.455. The average molecular weight is 304 g/mol. The van der Waals surface area contributed by atoms with E-state index in [2.05, 4.69) is 22.6 Å². The predicted molar refractivity (Wildman–Crippen MR) is 63.4 cm³/mol. The van der Waals surface area contributed by atoms with Crippen LogP contribution in [0.15, 0.2) is 24.3 Å². The Morgan fingerprint density at radius 1 is 1.29 bits per heavy atom. The Labute approximate surface area is 97.4 Å². The summed E-state index contributed by atoms with van der Waals surface area (Å²) >= 11 is 2.25. The van der Waals surface area contributed by atoms with Crippen molar-refractivity contribution in [2.45, 2.75) is 31.5 Å². The minimum Gasteiger partial charge on any atom is -0.487 e. The van der Waals surface area contributed by atoms with E-state index in [9.17, 15) is 5.11 Å². The summed E-state index contributed by atoms with van der Waals surface area (Å²) in [4.78, 5) is 0. The maximum Gasteiger partial charge on any atom is 0.133 e. The van der Waals surface area contributed by atoms with E-state index in [-0.39, 0.29) is 12.2 Å². The van der Waals surface area contributed by atoms with Gasteiger partial charge < -0.3 is 9.84 Å². The van der Waals surface area contributed by atoms with Crippen LogP contribution in [0, 0.1) is 3.57 Å². The molecule has 0 amide bonds. The van der Waals surface area contributed by atoms with E-state index < -0.39 is 0 Å². The third-order valence-electron chi connectivity index (χ3n) is 2.53. The summed E-state index contributed by atoms with van der Waals surface area (Å²) in [5, 5.41) is 9.61. The number of aliphatic hydroxyl groups is 1. The molecule has 0 saturated heterocycles. The average Bonchev–Trinajstić information content (AvgIpc) is 2.56. The lowest BCUT2D eigenvalue weighted by Gasteiger charge is -2.17. The van der Waals surface area contributed by atoms with Crippen LogP contribution in [-0.4, -0.2) is 17.3 Å². The van der Waals surface area contributed by atoms with Crippen molar-refractivity contribution in [1.29, 1.82) is 0 Å². The molecule has 2 atom stereocenters. The number of ether oxygens (including phenoxy) is 1. The van der Waals surface area contributed by atoms with Crippen molar-refractivity contribution >= 4 is 22.6 Å². The van der Waals surface area contributed by atoms with Gasteiger partial charge in [0.05, 0.1) is 9.67 Å². The molecule has 1 aromatic carbocycles. The second-order valence-corrected chi connectivity index (χ2v) is 4.75. The number of para-hydroxylation sites is 1. The van der Waals surface area contributed by atoms with Gasteiger partial charge in [-0.2, -0.15) is 0 Å². The van der Waals surface area contributed by atoms with Crippen LogP contribution < -0.4 is 4.74 Å². The van der Waals surface area contributed by atoms with Crippen LogP contribution in [0.4, 0.5) is 0 Å². The standard InChI is InChI=1S/C11H13IO2/c12-8-4-1-2-6-10(8)14-11-7-3-5-9(11)13/h1-2,4,6,9,11,13H,3,5,7H2/t9-,11-/m0/s1.